The van der Waals surface area contributed by atoms with Crippen molar-refractivity contribution >= 4 is 11.9 Å². The van der Waals surface area contributed by atoms with Crippen molar-refractivity contribution in [3.63, 3.8) is 0 Å². The van der Waals surface area contributed by atoms with Gasteiger partial charge in [0.1, 0.15) is 17.7 Å². The number of hydrogen-bond acceptors (Lipinski definition) is 5. The number of carbonyl (C=O) groups excluding carboxylic acids is 2. The number of hydrogen-bond donors (Lipinski definition) is 0. The maximum atomic E-state index is 12.6. The van der Waals surface area contributed by atoms with Crippen LogP contribution in [0.5, 0.6) is 0 Å². The molecule has 0 aliphatic carbocycles. The molecular weight excluding hydrogens is 332 g/mol. The van der Waals surface area contributed by atoms with Gasteiger partial charge >= 0.3 is 11.9 Å². The van der Waals surface area contributed by atoms with Crippen molar-refractivity contribution in [2.75, 3.05) is 13.7 Å². The molecule has 0 saturated carbocycles. The van der Waals surface area contributed by atoms with Crippen LogP contribution in [0.25, 0.3) is 0 Å². The molecule has 0 aliphatic heterocycles. The summed E-state index contributed by atoms with van der Waals surface area (Å²) in [5, 5.41) is 0. The number of rotatable bonds is 8. The van der Waals surface area contributed by atoms with E-state index in [1.165, 1.54) is 13.3 Å². The van der Waals surface area contributed by atoms with Crippen LogP contribution >= 0.6 is 0 Å². The highest BCUT2D eigenvalue weighted by Crippen LogP contribution is 2.29. The molecule has 1 aromatic heterocycles. The summed E-state index contributed by atoms with van der Waals surface area (Å²) in [6.45, 7) is 5.74. The summed E-state index contributed by atoms with van der Waals surface area (Å²) in [6.07, 6.45) is 4.16. The van der Waals surface area contributed by atoms with E-state index in [2.05, 4.69) is 4.98 Å². The summed E-state index contributed by atoms with van der Waals surface area (Å²) in [6, 6.07) is 9.78. The third-order valence-corrected chi connectivity index (χ3v) is 5.03. The molecule has 0 spiro atoms. The summed E-state index contributed by atoms with van der Waals surface area (Å²) in [4.78, 5) is 28.8. The molecule has 1 heterocycles. The van der Waals surface area contributed by atoms with Gasteiger partial charge in [0.2, 0.25) is 0 Å². The molecule has 0 bridgehead atoms. The summed E-state index contributed by atoms with van der Waals surface area (Å²) < 4.78 is 12.1. The van der Waals surface area contributed by atoms with Crippen LogP contribution in [0.1, 0.15) is 55.7 Å². The van der Waals surface area contributed by atoms with Gasteiger partial charge in [-0.2, -0.15) is 0 Å². The lowest BCUT2D eigenvalue weighted by Crippen LogP contribution is -2.37. The van der Waals surface area contributed by atoms with E-state index in [4.69, 9.17) is 9.47 Å². The van der Waals surface area contributed by atoms with E-state index in [1.54, 1.807) is 10.9 Å². The Morgan fingerprint density at radius 3 is 2.42 bits per heavy atom. The second kappa shape index (κ2) is 8.65. The van der Waals surface area contributed by atoms with E-state index in [0.29, 0.717) is 18.5 Å². The summed E-state index contributed by atoms with van der Waals surface area (Å²) >= 11 is 0. The highest BCUT2D eigenvalue weighted by atomic mass is 16.5. The van der Waals surface area contributed by atoms with Crippen LogP contribution in [0.2, 0.25) is 0 Å². The molecule has 6 nitrogen and oxygen atoms in total. The van der Waals surface area contributed by atoms with Crippen molar-refractivity contribution in [1.29, 1.82) is 0 Å². The maximum Gasteiger partial charge on any atom is 0.356 e. The van der Waals surface area contributed by atoms with Gasteiger partial charge in [0.05, 0.1) is 25.7 Å². The number of carbonyl (C=O) groups is 2. The Labute approximate surface area is 154 Å². The first-order chi connectivity index (χ1) is 12.5. The number of imidazole rings is 1. The van der Waals surface area contributed by atoms with Crippen LogP contribution in [0, 0.1) is 5.41 Å². The zero-order valence-electron chi connectivity index (χ0n) is 15.8. The molecule has 2 aromatic rings. The first-order valence-electron chi connectivity index (χ1n) is 8.81. The van der Waals surface area contributed by atoms with E-state index in [9.17, 15) is 9.59 Å². The molecule has 0 fully saturated rings. The van der Waals surface area contributed by atoms with Crippen molar-refractivity contribution in [2.45, 2.75) is 39.7 Å². The van der Waals surface area contributed by atoms with Crippen molar-refractivity contribution in [2.24, 2.45) is 5.41 Å². The Morgan fingerprint density at radius 2 is 1.85 bits per heavy atom. The third kappa shape index (κ3) is 3.95. The maximum absolute atomic E-state index is 12.6. The number of methoxy groups -OCH3 is 1. The smallest absolute Gasteiger partial charge is 0.356 e. The molecule has 140 valence electrons. The van der Waals surface area contributed by atoms with Gasteiger partial charge in [-0.25, -0.2) is 9.78 Å². The van der Waals surface area contributed by atoms with Gasteiger partial charge in [-0.1, -0.05) is 44.2 Å². The normalized spacial score (nSPS) is 12.5. The molecule has 1 unspecified atom stereocenters. The monoisotopic (exact) mass is 358 g/mol. The first-order valence-corrected chi connectivity index (χ1v) is 8.81. The van der Waals surface area contributed by atoms with E-state index in [1.807, 2.05) is 51.1 Å². The summed E-state index contributed by atoms with van der Waals surface area (Å²) in [7, 11) is 1.35. The lowest BCUT2D eigenvalue weighted by atomic mass is 9.83. The Balaban J connectivity index is 2.16. The van der Waals surface area contributed by atoms with Crippen LogP contribution in [-0.4, -0.2) is 35.2 Å². The molecule has 0 aliphatic rings. The molecule has 2 rings (SSSR count). The zero-order valence-corrected chi connectivity index (χ0v) is 15.8. The van der Waals surface area contributed by atoms with Gasteiger partial charge in [-0.3, -0.25) is 4.79 Å². The average Bonchev–Trinajstić information content (AvgIpc) is 3.18. The Bertz CT molecular complexity index is 735. The minimum atomic E-state index is -0.819. The lowest BCUT2D eigenvalue weighted by molar-refractivity contribution is -0.156. The fraction of sp³-hybridized carbons (Fsp3) is 0.450. The molecule has 1 atom stereocenters. The molecule has 6 heteroatoms. The Morgan fingerprint density at radius 1 is 1.19 bits per heavy atom. The highest BCUT2D eigenvalue weighted by Gasteiger charge is 2.38. The average molecular weight is 358 g/mol. The van der Waals surface area contributed by atoms with Gasteiger partial charge in [0, 0.05) is 0 Å². The standard InChI is InChI=1S/C20H26N2O4/c1-5-20(6-2,19(24)25-4)13-26-18(23)17-12-21-14-22(17)15(3)16-10-8-7-9-11-16/h7-12,14-15H,5-6,13H2,1-4H3. The lowest BCUT2D eigenvalue weighted by Gasteiger charge is -2.27. The van der Waals surface area contributed by atoms with Gasteiger partial charge in [-0.15, -0.1) is 0 Å². The molecule has 1 aromatic carbocycles. The molecular formula is C20H26N2O4. The van der Waals surface area contributed by atoms with Crippen LogP contribution in [0.3, 0.4) is 0 Å². The number of nitrogens with zero attached hydrogens (tertiary/aromatic N) is 2. The van der Waals surface area contributed by atoms with E-state index < -0.39 is 11.4 Å². The van der Waals surface area contributed by atoms with E-state index in [0.717, 1.165) is 5.56 Å². The zero-order chi connectivity index (χ0) is 19.2. The van der Waals surface area contributed by atoms with Gasteiger partial charge < -0.3 is 14.0 Å². The third-order valence-electron chi connectivity index (χ3n) is 5.03. The summed E-state index contributed by atoms with van der Waals surface area (Å²) in [5.41, 5.74) is 0.596. The Kier molecular flexibility index (Phi) is 6.55. The van der Waals surface area contributed by atoms with Crippen LogP contribution in [0.15, 0.2) is 42.9 Å². The first kappa shape index (κ1) is 19.7. The fourth-order valence-electron chi connectivity index (χ4n) is 2.96. The molecule has 0 N–H and O–H groups in total. The SMILES string of the molecule is CCC(CC)(COC(=O)c1cncn1C(C)c1ccccc1)C(=O)OC. The molecule has 0 radical (unpaired) electrons. The minimum absolute atomic E-state index is 0.0175. The molecule has 26 heavy (non-hydrogen) atoms. The van der Waals surface area contributed by atoms with Crippen LogP contribution in [-0.2, 0) is 14.3 Å². The topological polar surface area (TPSA) is 70.4 Å². The quantitative estimate of drug-likeness (QED) is 0.674. The van der Waals surface area contributed by atoms with Crippen molar-refractivity contribution in [3.8, 4) is 0 Å². The van der Waals surface area contributed by atoms with E-state index >= 15 is 0 Å². The van der Waals surface area contributed by atoms with Crippen LogP contribution < -0.4 is 0 Å². The Hall–Kier alpha value is -2.63. The molecule has 0 saturated heterocycles. The van der Waals surface area contributed by atoms with Gasteiger partial charge in [-0.05, 0) is 25.3 Å². The number of benzene rings is 1. The predicted octanol–water partition coefficient (Wildman–Crippen LogP) is 3.63. The van der Waals surface area contributed by atoms with Gasteiger partial charge in [0.15, 0.2) is 0 Å². The van der Waals surface area contributed by atoms with Gasteiger partial charge in [0.25, 0.3) is 0 Å². The van der Waals surface area contributed by atoms with Crippen molar-refractivity contribution in [3.05, 3.63) is 54.1 Å². The highest BCUT2D eigenvalue weighted by molar-refractivity contribution is 5.88. The van der Waals surface area contributed by atoms with Crippen LogP contribution in [0.4, 0.5) is 0 Å². The number of esters is 2. The minimum Gasteiger partial charge on any atom is -0.468 e. The van der Waals surface area contributed by atoms with Crippen molar-refractivity contribution < 1.29 is 19.1 Å². The second-order valence-electron chi connectivity index (χ2n) is 6.33. The van der Waals surface area contributed by atoms with E-state index in [-0.39, 0.29) is 18.6 Å². The largest absolute Gasteiger partial charge is 0.468 e. The second-order valence-corrected chi connectivity index (χ2v) is 6.33. The number of ether oxygens (including phenoxy) is 2. The molecule has 0 amide bonds. The predicted molar refractivity (Wildman–Crippen MR) is 97.8 cm³/mol. The number of aromatic nitrogens is 2. The fourth-order valence-corrected chi connectivity index (χ4v) is 2.96. The van der Waals surface area contributed by atoms with Crippen molar-refractivity contribution in [1.82, 2.24) is 9.55 Å². The summed E-state index contributed by atoms with van der Waals surface area (Å²) in [5.74, 6) is -0.859.